The van der Waals surface area contributed by atoms with E-state index in [-0.39, 0.29) is 0 Å². The number of furan rings is 1. The van der Waals surface area contributed by atoms with Crippen LogP contribution in [0, 0.1) is 0 Å². The summed E-state index contributed by atoms with van der Waals surface area (Å²) in [6, 6.07) is 74.1. The average molecular weight is 754 g/mol. The van der Waals surface area contributed by atoms with Crippen molar-refractivity contribution in [2.24, 2.45) is 0 Å². The Labute approximate surface area is 341 Å². The second kappa shape index (κ2) is 14.5. The first-order valence-corrected chi connectivity index (χ1v) is 19.8. The van der Waals surface area contributed by atoms with Gasteiger partial charge in [0.1, 0.15) is 11.2 Å². The maximum atomic E-state index is 6.12. The lowest BCUT2D eigenvalue weighted by Crippen LogP contribution is -2.01. The van der Waals surface area contributed by atoms with Crippen LogP contribution < -0.4 is 0 Å². The molecule has 11 aromatic rings. The van der Waals surface area contributed by atoms with Gasteiger partial charge in [-0.05, 0) is 73.5 Å². The Bertz CT molecular complexity index is 3300. The van der Waals surface area contributed by atoms with E-state index in [1.165, 1.54) is 33.0 Å². The molecule has 59 heavy (non-hydrogen) atoms. The van der Waals surface area contributed by atoms with Gasteiger partial charge in [0.2, 0.25) is 0 Å². The average Bonchev–Trinajstić information content (AvgIpc) is 3.70. The van der Waals surface area contributed by atoms with Crippen LogP contribution in [0.15, 0.2) is 217 Å². The lowest BCUT2D eigenvalue weighted by Gasteiger charge is -2.13. The Morgan fingerprint density at radius 3 is 1.32 bits per heavy atom. The highest BCUT2D eigenvalue weighted by molar-refractivity contribution is 6.09. The molecule has 0 N–H and O–H groups in total. The molecule has 0 atom stereocenters. The van der Waals surface area contributed by atoms with Crippen molar-refractivity contribution in [1.82, 2.24) is 15.0 Å². The summed E-state index contributed by atoms with van der Waals surface area (Å²) >= 11 is 0. The van der Waals surface area contributed by atoms with Gasteiger partial charge in [-0.3, -0.25) is 0 Å². The highest BCUT2D eigenvalue weighted by Crippen LogP contribution is 2.39. The van der Waals surface area contributed by atoms with Crippen molar-refractivity contribution < 1.29 is 4.42 Å². The monoisotopic (exact) mass is 753 g/mol. The fourth-order valence-electron chi connectivity index (χ4n) is 8.24. The molecule has 11 rings (SSSR count). The van der Waals surface area contributed by atoms with E-state index in [1.807, 2.05) is 54.6 Å². The highest BCUT2D eigenvalue weighted by atomic mass is 16.3. The molecule has 0 aliphatic carbocycles. The summed E-state index contributed by atoms with van der Waals surface area (Å²) in [5, 5.41) is 4.71. The van der Waals surface area contributed by atoms with Gasteiger partial charge < -0.3 is 4.42 Å². The van der Waals surface area contributed by atoms with Crippen molar-refractivity contribution in [1.29, 1.82) is 0 Å². The first kappa shape index (κ1) is 34.3. The summed E-state index contributed by atoms with van der Waals surface area (Å²) in [6.07, 6.45) is 0. The van der Waals surface area contributed by atoms with Crippen molar-refractivity contribution in [2.75, 3.05) is 0 Å². The van der Waals surface area contributed by atoms with Crippen LogP contribution in [0.4, 0.5) is 0 Å². The molecular weight excluding hydrogens is 719 g/mol. The fraction of sp³-hybridized carbons (Fsp3) is 0. The maximum Gasteiger partial charge on any atom is 0.164 e. The molecule has 0 radical (unpaired) electrons. The maximum absolute atomic E-state index is 6.12. The van der Waals surface area contributed by atoms with Crippen LogP contribution in [-0.2, 0) is 0 Å². The zero-order chi connectivity index (χ0) is 39.1. The SMILES string of the molecule is c1ccc(-c2nc(-c3ccc(-c4ccc(-c5ccc(-c6ccc7oc8ccccc8c7c6)c6ccccc56)cc4)cc3)nc(-c3ccccc3-c3ccccc3)n2)cc1. The smallest absolute Gasteiger partial charge is 0.164 e. The van der Waals surface area contributed by atoms with Gasteiger partial charge in [-0.2, -0.15) is 0 Å². The molecule has 0 unspecified atom stereocenters. The molecule has 0 aliphatic rings. The second-order valence-corrected chi connectivity index (χ2v) is 14.8. The number of nitrogens with zero attached hydrogens (tertiary/aromatic N) is 3. The second-order valence-electron chi connectivity index (χ2n) is 14.8. The fourth-order valence-corrected chi connectivity index (χ4v) is 8.24. The van der Waals surface area contributed by atoms with E-state index >= 15 is 0 Å². The molecule has 0 saturated heterocycles. The van der Waals surface area contributed by atoms with E-state index in [9.17, 15) is 0 Å². The van der Waals surface area contributed by atoms with E-state index < -0.39 is 0 Å². The topological polar surface area (TPSA) is 51.8 Å². The van der Waals surface area contributed by atoms with E-state index in [0.717, 1.165) is 60.9 Å². The Morgan fingerprint density at radius 2 is 0.661 bits per heavy atom. The van der Waals surface area contributed by atoms with Crippen LogP contribution in [0.2, 0.25) is 0 Å². The largest absolute Gasteiger partial charge is 0.456 e. The lowest BCUT2D eigenvalue weighted by atomic mass is 9.91. The van der Waals surface area contributed by atoms with Gasteiger partial charge in [0.25, 0.3) is 0 Å². The minimum atomic E-state index is 0.631. The molecule has 276 valence electrons. The summed E-state index contributed by atoms with van der Waals surface area (Å²) in [6.45, 7) is 0. The first-order chi connectivity index (χ1) is 29.2. The third-order valence-electron chi connectivity index (χ3n) is 11.2. The highest BCUT2D eigenvalue weighted by Gasteiger charge is 2.17. The molecule has 4 heteroatoms. The summed E-state index contributed by atoms with van der Waals surface area (Å²) in [5.41, 5.74) is 13.9. The first-order valence-electron chi connectivity index (χ1n) is 19.8. The Hall–Kier alpha value is -7.95. The number of fused-ring (bicyclic) bond motifs is 4. The number of para-hydroxylation sites is 1. The molecule has 0 bridgehead atoms. The Balaban J connectivity index is 0.917. The molecule has 2 aromatic heterocycles. The molecule has 0 amide bonds. The molecule has 0 spiro atoms. The number of benzene rings is 9. The van der Waals surface area contributed by atoms with Gasteiger partial charge in [-0.1, -0.05) is 194 Å². The van der Waals surface area contributed by atoms with Gasteiger partial charge in [-0.15, -0.1) is 0 Å². The molecular formula is C55H35N3O. The van der Waals surface area contributed by atoms with Crippen LogP contribution >= 0.6 is 0 Å². The Morgan fingerprint density at radius 1 is 0.237 bits per heavy atom. The third-order valence-corrected chi connectivity index (χ3v) is 11.2. The minimum Gasteiger partial charge on any atom is -0.456 e. The van der Waals surface area contributed by atoms with Gasteiger partial charge in [-0.25, -0.2) is 15.0 Å². The Kier molecular flexibility index (Phi) is 8.45. The normalized spacial score (nSPS) is 11.4. The van der Waals surface area contributed by atoms with Crippen molar-refractivity contribution in [3.05, 3.63) is 212 Å². The van der Waals surface area contributed by atoms with Crippen LogP contribution in [0.1, 0.15) is 0 Å². The standard InChI is InChI=1S/C55H35N3O/c1-3-13-38(14-4-1)43-17-7-10-21-49(43)55-57-53(40-15-5-2-6-16-40)56-54(58-55)41-29-25-37(26-30-41)36-23-27-39(28-24-36)44-32-33-45(47-19-9-8-18-46(44)47)42-31-34-52-50(35-42)48-20-11-12-22-51(48)59-52/h1-35H. The predicted molar refractivity (Wildman–Crippen MR) is 243 cm³/mol. The zero-order valence-corrected chi connectivity index (χ0v) is 32.0. The van der Waals surface area contributed by atoms with Crippen LogP contribution in [0.3, 0.4) is 0 Å². The van der Waals surface area contributed by atoms with E-state index in [4.69, 9.17) is 19.4 Å². The summed E-state index contributed by atoms with van der Waals surface area (Å²) in [5.74, 6) is 1.91. The van der Waals surface area contributed by atoms with Gasteiger partial charge >= 0.3 is 0 Å². The van der Waals surface area contributed by atoms with Crippen LogP contribution in [0.25, 0.3) is 111 Å². The molecule has 2 heterocycles. The zero-order valence-electron chi connectivity index (χ0n) is 32.0. The number of rotatable bonds is 7. The molecule has 0 fully saturated rings. The van der Waals surface area contributed by atoms with Crippen molar-refractivity contribution in [3.8, 4) is 78.7 Å². The van der Waals surface area contributed by atoms with Gasteiger partial charge in [0.15, 0.2) is 17.5 Å². The lowest BCUT2D eigenvalue weighted by molar-refractivity contribution is 0.669. The summed E-state index contributed by atoms with van der Waals surface area (Å²) in [4.78, 5) is 15.1. The van der Waals surface area contributed by atoms with Crippen molar-refractivity contribution in [2.45, 2.75) is 0 Å². The minimum absolute atomic E-state index is 0.631. The summed E-state index contributed by atoms with van der Waals surface area (Å²) < 4.78 is 6.12. The molecule has 0 aliphatic heterocycles. The number of hydrogen-bond donors (Lipinski definition) is 0. The third kappa shape index (κ3) is 6.34. The number of aromatic nitrogens is 3. The number of hydrogen-bond acceptors (Lipinski definition) is 4. The van der Waals surface area contributed by atoms with Crippen LogP contribution in [-0.4, -0.2) is 15.0 Å². The van der Waals surface area contributed by atoms with E-state index in [2.05, 4.69) is 158 Å². The molecule has 9 aromatic carbocycles. The van der Waals surface area contributed by atoms with E-state index in [0.29, 0.717) is 17.5 Å². The summed E-state index contributed by atoms with van der Waals surface area (Å²) in [7, 11) is 0. The van der Waals surface area contributed by atoms with Crippen molar-refractivity contribution in [3.63, 3.8) is 0 Å². The van der Waals surface area contributed by atoms with Gasteiger partial charge in [0, 0.05) is 27.5 Å². The quantitative estimate of drug-likeness (QED) is 0.163. The van der Waals surface area contributed by atoms with Crippen LogP contribution in [0.5, 0.6) is 0 Å². The molecule has 4 nitrogen and oxygen atoms in total. The van der Waals surface area contributed by atoms with E-state index in [1.54, 1.807) is 0 Å². The van der Waals surface area contributed by atoms with Crippen molar-refractivity contribution >= 4 is 32.7 Å². The predicted octanol–water partition coefficient (Wildman–Crippen LogP) is 14.6. The molecule has 0 saturated carbocycles. The van der Waals surface area contributed by atoms with Gasteiger partial charge in [0.05, 0.1) is 0 Å².